The number of nitrogens with one attached hydrogen (secondary N) is 1. The van der Waals surface area contributed by atoms with Gasteiger partial charge in [0.1, 0.15) is 0 Å². The van der Waals surface area contributed by atoms with E-state index in [1.165, 1.54) is 12.8 Å². The minimum Gasteiger partial charge on any atom is -0.481 e. The second kappa shape index (κ2) is 5.64. The molecular weight excluding hydrogens is 204 g/mol. The molecule has 1 aliphatic heterocycles. The van der Waals surface area contributed by atoms with Crippen molar-refractivity contribution >= 4 is 5.97 Å². The third-order valence-corrected chi connectivity index (χ3v) is 3.27. The normalized spacial score (nSPS) is 19.0. The zero-order chi connectivity index (χ0) is 12.2. The molecule has 1 fully saturated rings. The van der Waals surface area contributed by atoms with Gasteiger partial charge in [-0.05, 0) is 52.7 Å². The van der Waals surface area contributed by atoms with E-state index in [1.807, 2.05) is 7.05 Å². The van der Waals surface area contributed by atoms with Crippen molar-refractivity contribution in [2.45, 2.75) is 26.7 Å². The molecule has 0 aromatic rings. The van der Waals surface area contributed by atoms with E-state index in [-0.39, 0.29) is 0 Å². The molecule has 94 valence electrons. The maximum absolute atomic E-state index is 11.0. The van der Waals surface area contributed by atoms with Gasteiger partial charge in [-0.25, -0.2) is 0 Å². The molecule has 4 nitrogen and oxygen atoms in total. The summed E-state index contributed by atoms with van der Waals surface area (Å²) in [6.45, 7) is 7.40. The molecule has 16 heavy (non-hydrogen) atoms. The first-order valence-corrected chi connectivity index (χ1v) is 6.04. The molecule has 0 spiro atoms. The minimum absolute atomic E-state index is 0.617. The van der Waals surface area contributed by atoms with Crippen LogP contribution in [0.1, 0.15) is 26.7 Å². The van der Waals surface area contributed by atoms with Crippen molar-refractivity contribution in [2.24, 2.45) is 11.3 Å². The van der Waals surface area contributed by atoms with Gasteiger partial charge in [0, 0.05) is 13.1 Å². The van der Waals surface area contributed by atoms with Crippen molar-refractivity contribution in [1.82, 2.24) is 10.2 Å². The summed E-state index contributed by atoms with van der Waals surface area (Å²) < 4.78 is 0. The first-order valence-electron chi connectivity index (χ1n) is 6.04. The largest absolute Gasteiger partial charge is 0.481 e. The lowest BCUT2D eigenvalue weighted by atomic mass is 9.92. The third-order valence-electron chi connectivity index (χ3n) is 3.27. The number of carboxylic acid groups (broad SMARTS) is 1. The summed E-state index contributed by atoms with van der Waals surface area (Å²) in [5.74, 6) is 0.000468. The maximum atomic E-state index is 11.0. The SMILES string of the molecule is CN(CC1CCNCC1)CC(C)(C)C(=O)O. The average molecular weight is 228 g/mol. The summed E-state index contributed by atoms with van der Waals surface area (Å²) in [6, 6.07) is 0. The zero-order valence-corrected chi connectivity index (χ0v) is 10.6. The Balaban J connectivity index is 2.34. The zero-order valence-electron chi connectivity index (χ0n) is 10.6. The van der Waals surface area contributed by atoms with E-state index in [1.54, 1.807) is 13.8 Å². The van der Waals surface area contributed by atoms with Crippen LogP contribution in [-0.2, 0) is 4.79 Å². The minimum atomic E-state index is -0.718. The molecule has 0 aromatic heterocycles. The highest BCUT2D eigenvalue weighted by Gasteiger charge is 2.29. The Labute approximate surface area is 98.0 Å². The molecule has 1 saturated heterocycles. The van der Waals surface area contributed by atoms with Crippen molar-refractivity contribution in [2.75, 3.05) is 33.2 Å². The monoisotopic (exact) mass is 228 g/mol. The van der Waals surface area contributed by atoms with Gasteiger partial charge in [0.25, 0.3) is 0 Å². The lowest BCUT2D eigenvalue weighted by Crippen LogP contribution is -2.41. The van der Waals surface area contributed by atoms with Gasteiger partial charge < -0.3 is 15.3 Å². The van der Waals surface area contributed by atoms with Crippen LogP contribution in [0.3, 0.4) is 0 Å². The Morgan fingerprint density at radius 2 is 2.00 bits per heavy atom. The number of nitrogens with zero attached hydrogens (tertiary/aromatic N) is 1. The second-order valence-corrected chi connectivity index (χ2v) is 5.58. The van der Waals surface area contributed by atoms with Crippen LogP contribution in [0.4, 0.5) is 0 Å². The number of hydrogen-bond acceptors (Lipinski definition) is 3. The molecule has 4 heteroatoms. The molecule has 0 atom stereocenters. The fourth-order valence-corrected chi connectivity index (χ4v) is 2.31. The Morgan fingerprint density at radius 1 is 1.44 bits per heavy atom. The molecule has 0 aromatic carbocycles. The first kappa shape index (κ1) is 13.5. The van der Waals surface area contributed by atoms with E-state index in [4.69, 9.17) is 5.11 Å². The van der Waals surface area contributed by atoms with E-state index in [9.17, 15) is 4.79 Å². The van der Waals surface area contributed by atoms with Crippen LogP contribution in [0.15, 0.2) is 0 Å². The number of hydrogen-bond donors (Lipinski definition) is 2. The highest BCUT2D eigenvalue weighted by molar-refractivity contribution is 5.73. The van der Waals surface area contributed by atoms with Crippen LogP contribution in [0.5, 0.6) is 0 Å². The standard InChI is InChI=1S/C12H24N2O2/c1-12(2,11(15)16)9-14(3)8-10-4-6-13-7-5-10/h10,13H,4-9H2,1-3H3,(H,15,16). The molecular formula is C12H24N2O2. The van der Waals surface area contributed by atoms with Gasteiger partial charge in [-0.1, -0.05) is 0 Å². The first-order chi connectivity index (χ1) is 7.42. The van der Waals surface area contributed by atoms with Crippen molar-refractivity contribution in [1.29, 1.82) is 0 Å². The molecule has 1 heterocycles. The average Bonchev–Trinajstić information content (AvgIpc) is 2.17. The highest BCUT2D eigenvalue weighted by atomic mass is 16.4. The summed E-state index contributed by atoms with van der Waals surface area (Å²) in [5.41, 5.74) is -0.651. The quantitative estimate of drug-likeness (QED) is 0.738. The summed E-state index contributed by atoms with van der Waals surface area (Å²) >= 11 is 0. The van der Waals surface area contributed by atoms with Crippen molar-refractivity contribution in [3.8, 4) is 0 Å². The van der Waals surface area contributed by atoms with Gasteiger partial charge in [0.15, 0.2) is 0 Å². The van der Waals surface area contributed by atoms with Crippen molar-refractivity contribution in [3.05, 3.63) is 0 Å². The molecule has 0 saturated carbocycles. The van der Waals surface area contributed by atoms with Crippen molar-refractivity contribution < 1.29 is 9.90 Å². The number of aliphatic carboxylic acids is 1. The van der Waals surface area contributed by atoms with E-state index in [0.717, 1.165) is 25.6 Å². The van der Waals surface area contributed by atoms with Crippen LogP contribution in [-0.4, -0.2) is 49.2 Å². The number of piperidine rings is 1. The molecule has 0 amide bonds. The molecule has 1 aliphatic rings. The Bertz CT molecular complexity index is 235. The van der Waals surface area contributed by atoms with E-state index in [0.29, 0.717) is 6.54 Å². The third kappa shape index (κ3) is 4.10. The van der Waals surface area contributed by atoms with Crippen LogP contribution in [0.2, 0.25) is 0 Å². The fraction of sp³-hybridized carbons (Fsp3) is 0.917. The van der Waals surface area contributed by atoms with Gasteiger partial charge in [-0.2, -0.15) is 0 Å². The van der Waals surface area contributed by atoms with Gasteiger partial charge in [-0.3, -0.25) is 4.79 Å². The van der Waals surface area contributed by atoms with Crippen molar-refractivity contribution in [3.63, 3.8) is 0 Å². The van der Waals surface area contributed by atoms with Gasteiger partial charge in [-0.15, -0.1) is 0 Å². The number of rotatable bonds is 5. The van der Waals surface area contributed by atoms with Gasteiger partial charge >= 0.3 is 5.97 Å². The Kier molecular flexibility index (Phi) is 4.74. The van der Waals surface area contributed by atoms with E-state index < -0.39 is 11.4 Å². The Hall–Kier alpha value is -0.610. The summed E-state index contributed by atoms with van der Waals surface area (Å²) in [5, 5.41) is 12.4. The molecule has 0 aliphatic carbocycles. The van der Waals surface area contributed by atoms with Crippen LogP contribution in [0, 0.1) is 11.3 Å². The predicted octanol–water partition coefficient (Wildman–Crippen LogP) is 1.03. The van der Waals surface area contributed by atoms with Gasteiger partial charge in [0.2, 0.25) is 0 Å². The molecule has 0 radical (unpaired) electrons. The molecule has 0 unspecified atom stereocenters. The molecule has 2 N–H and O–H groups in total. The fourth-order valence-electron chi connectivity index (χ4n) is 2.31. The Morgan fingerprint density at radius 3 is 2.50 bits per heavy atom. The smallest absolute Gasteiger partial charge is 0.310 e. The van der Waals surface area contributed by atoms with E-state index in [2.05, 4.69) is 10.2 Å². The van der Waals surface area contributed by atoms with E-state index >= 15 is 0 Å². The summed E-state index contributed by atoms with van der Waals surface area (Å²) in [7, 11) is 2.02. The maximum Gasteiger partial charge on any atom is 0.310 e. The molecule has 0 bridgehead atoms. The van der Waals surface area contributed by atoms with Crippen LogP contribution >= 0.6 is 0 Å². The lowest BCUT2D eigenvalue weighted by Gasteiger charge is -2.31. The summed E-state index contributed by atoms with van der Waals surface area (Å²) in [4.78, 5) is 13.2. The molecule has 1 rings (SSSR count). The second-order valence-electron chi connectivity index (χ2n) is 5.58. The lowest BCUT2D eigenvalue weighted by molar-refractivity contribution is -0.147. The van der Waals surface area contributed by atoms with Gasteiger partial charge in [0.05, 0.1) is 5.41 Å². The number of carboxylic acids is 1. The van der Waals surface area contributed by atoms with Crippen LogP contribution < -0.4 is 5.32 Å². The van der Waals surface area contributed by atoms with Crippen LogP contribution in [0.25, 0.3) is 0 Å². The summed E-state index contributed by atoms with van der Waals surface area (Å²) in [6.07, 6.45) is 2.41. The predicted molar refractivity (Wildman–Crippen MR) is 64.5 cm³/mol. The highest BCUT2D eigenvalue weighted by Crippen LogP contribution is 2.19. The number of carbonyl (C=O) groups is 1. The topological polar surface area (TPSA) is 52.6 Å².